The number of rotatable bonds is 3. The average Bonchev–Trinajstić information content (AvgIpc) is 3.33. The van der Waals surface area contributed by atoms with E-state index in [-0.39, 0.29) is 11.8 Å². The van der Waals surface area contributed by atoms with Crippen molar-refractivity contribution in [2.45, 2.75) is 45.6 Å². The lowest BCUT2D eigenvalue weighted by molar-refractivity contribution is -0.125. The Hall–Kier alpha value is -1.69. The van der Waals surface area contributed by atoms with E-state index in [2.05, 4.69) is 34.0 Å². The van der Waals surface area contributed by atoms with Crippen molar-refractivity contribution < 1.29 is 4.79 Å². The van der Waals surface area contributed by atoms with E-state index in [1.54, 1.807) is 17.7 Å². The Bertz CT molecular complexity index is 744. The highest BCUT2D eigenvalue weighted by Gasteiger charge is 2.30. The molecule has 2 aromatic heterocycles. The van der Waals surface area contributed by atoms with Gasteiger partial charge in [-0.2, -0.15) is 0 Å². The third kappa shape index (κ3) is 2.80. The Morgan fingerprint density at radius 1 is 1.22 bits per heavy atom. The fraction of sp³-hybridized carbons (Fsp3) is 0.588. The van der Waals surface area contributed by atoms with Gasteiger partial charge in [0, 0.05) is 29.9 Å². The first-order chi connectivity index (χ1) is 11.1. The maximum atomic E-state index is 12.2. The van der Waals surface area contributed by atoms with Gasteiger partial charge in [0.15, 0.2) is 0 Å². The number of aryl methyl sites for hydroxylation is 2. The molecule has 2 aliphatic rings. The van der Waals surface area contributed by atoms with Gasteiger partial charge >= 0.3 is 0 Å². The summed E-state index contributed by atoms with van der Waals surface area (Å²) in [6.45, 7) is 6.07. The number of nitrogens with zero attached hydrogens (tertiary/aromatic N) is 3. The molecule has 0 spiro atoms. The van der Waals surface area contributed by atoms with Crippen LogP contribution in [-0.2, 0) is 4.79 Å². The van der Waals surface area contributed by atoms with Crippen LogP contribution < -0.4 is 10.2 Å². The molecule has 2 aromatic rings. The number of piperidine rings is 1. The average molecular weight is 330 g/mol. The molecule has 6 heteroatoms. The molecule has 1 N–H and O–H groups in total. The maximum absolute atomic E-state index is 12.2. The molecule has 1 aliphatic heterocycles. The number of thiophene rings is 1. The number of nitrogens with one attached hydrogen (secondary N) is 1. The van der Waals surface area contributed by atoms with Gasteiger partial charge in [0.25, 0.3) is 0 Å². The first-order valence-electron chi connectivity index (χ1n) is 8.39. The first kappa shape index (κ1) is 14.9. The molecule has 1 saturated carbocycles. The molecule has 5 nitrogen and oxygen atoms in total. The third-order valence-corrected chi connectivity index (χ3v) is 6.15. The molecule has 2 fully saturated rings. The van der Waals surface area contributed by atoms with Crippen molar-refractivity contribution >= 4 is 33.3 Å². The van der Waals surface area contributed by atoms with Crippen molar-refractivity contribution in [3.63, 3.8) is 0 Å². The van der Waals surface area contributed by atoms with Crippen LogP contribution in [0.1, 0.15) is 36.1 Å². The van der Waals surface area contributed by atoms with Gasteiger partial charge in [-0.15, -0.1) is 11.3 Å². The van der Waals surface area contributed by atoms with Crippen LogP contribution in [0.25, 0.3) is 10.2 Å². The SMILES string of the molecule is Cc1sc2ncnc(N3CCC(C(=O)NC4CC4)CC3)c2c1C. The topological polar surface area (TPSA) is 58.1 Å². The second-order valence-corrected chi connectivity index (χ2v) is 7.91. The fourth-order valence-corrected chi connectivity index (χ4v) is 4.30. The quantitative estimate of drug-likeness (QED) is 0.940. The van der Waals surface area contributed by atoms with Crippen molar-refractivity contribution in [3.05, 3.63) is 16.8 Å². The monoisotopic (exact) mass is 330 g/mol. The molecule has 122 valence electrons. The smallest absolute Gasteiger partial charge is 0.223 e. The summed E-state index contributed by atoms with van der Waals surface area (Å²) in [6.07, 6.45) is 5.79. The number of hydrogen-bond acceptors (Lipinski definition) is 5. The number of fused-ring (bicyclic) bond motifs is 1. The summed E-state index contributed by atoms with van der Waals surface area (Å²) < 4.78 is 0. The summed E-state index contributed by atoms with van der Waals surface area (Å²) in [5.74, 6) is 1.45. The standard InChI is InChI=1S/C17H22N4OS/c1-10-11(2)23-17-14(10)15(18-9-19-17)21-7-5-12(6-8-21)16(22)20-13-3-4-13/h9,12-13H,3-8H2,1-2H3,(H,20,22). The van der Waals surface area contributed by atoms with E-state index in [0.29, 0.717) is 6.04 Å². The van der Waals surface area contributed by atoms with Crippen LogP contribution in [0.3, 0.4) is 0 Å². The number of carbonyl (C=O) groups is 1. The summed E-state index contributed by atoms with van der Waals surface area (Å²) in [6, 6.07) is 0.457. The van der Waals surface area contributed by atoms with Crippen LogP contribution >= 0.6 is 11.3 Å². The van der Waals surface area contributed by atoms with E-state index >= 15 is 0 Å². The van der Waals surface area contributed by atoms with Gasteiger partial charge in [0.05, 0.1) is 5.39 Å². The van der Waals surface area contributed by atoms with Crippen LogP contribution in [0.5, 0.6) is 0 Å². The molecular formula is C17H22N4OS. The first-order valence-corrected chi connectivity index (χ1v) is 9.21. The largest absolute Gasteiger partial charge is 0.356 e. The summed E-state index contributed by atoms with van der Waals surface area (Å²) in [5, 5.41) is 4.33. The maximum Gasteiger partial charge on any atom is 0.223 e. The minimum Gasteiger partial charge on any atom is -0.356 e. The Balaban J connectivity index is 1.51. The molecule has 23 heavy (non-hydrogen) atoms. The second kappa shape index (κ2) is 5.74. The van der Waals surface area contributed by atoms with Crippen LogP contribution in [0.15, 0.2) is 6.33 Å². The highest BCUT2D eigenvalue weighted by atomic mass is 32.1. The number of anilines is 1. The molecular weight excluding hydrogens is 308 g/mol. The van der Waals surface area contributed by atoms with Crippen LogP contribution in [0, 0.1) is 19.8 Å². The lowest BCUT2D eigenvalue weighted by Crippen LogP contribution is -2.41. The Kier molecular flexibility index (Phi) is 3.71. The predicted octanol–water partition coefficient (Wildman–Crippen LogP) is 2.80. The summed E-state index contributed by atoms with van der Waals surface area (Å²) in [4.78, 5) is 25.9. The second-order valence-electron chi connectivity index (χ2n) is 6.70. The lowest BCUT2D eigenvalue weighted by atomic mass is 9.95. The van der Waals surface area contributed by atoms with Crippen LogP contribution in [0.2, 0.25) is 0 Å². The molecule has 0 radical (unpaired) electrons. The molecule has 0 bridgehead atoms. The van der Waals surface area contributed by atoms with Gasteiger partial charge in [-0.25, -0.2) is 9.97 Å². The molecule has 1 aliphatic carbocycles. The number of amides is 1. The molecule has 4 rings (SSSR count). The molecule has 0 unspecified atom stereocenters. The van der Waals surface area contributed by atoms with E-state index in [1.807, 2.05) is 0 Å². The fourth-order valence-electron chi connectivity index (χ4n) is 3.30. The number of aromatic nitrogens is 2. The van der Waals surface area contributed by atoms with Gasteiger partial charge in [0.2, 0.25) is 5.91 Å². The van der Waals surface area contributed by atoms with E-state index in [9.17, 15) is 4.79 Å². The summed E-state index contributed by atoms with van der Waals surface area (Å²) in [5.41, 5.74) is 1.29. The summed E-state index contributed by atoms with van der Waals surface area (Å²) in [7, 11) is 0. The van der Waals surface area contributed by atoms with E-state index < -0.39 is 0 Å². The van der Waals surface area contributed by atoms with Gasteiger partial charge in [-0.05, 0) is 45.1 Å². The van der Waals surface area contributed by atoms with Gasteiger partial charge in [-0.1, -0.05) is 0 Å². The predicted molar refractivity (Wildman–Crippen MR) is 93.0 cm³/mol. The summed E-state index contributed by atoms with van der Waals surface area (Å²) >= 11 is 1.73. The number of carbonyl (C=O) groups excluding carboxylic acids is 1. The van der Waals surface area contributed by atoms with E-state index in [1.165, 1.54) is 15.8 Å². The van der Waals surface area contributed by atoms with E-state index in [0.717, 1.165) is 49.4 Å². The third-order valence-electron chi connectivity index (χ3n) is 5.03. The molecule has 1 saturated heterocycles. The Labute approximate surface area is 140 Å². The zero-order chi connectivity index (χ0) is 16.0. The van der Waals surface area contributed by atoms with Gasteiger partial charge in [-0.3, -0.25) is 4.79 Å². The van der Waals surface area contributed by atoms with Crippen molar-refractivity contribution in [2.75, 3.05) is 18.0 Å². The zero-order valence-corrected chi connectivity index (χ0v) is 14.4. The van der Waals surface area contributed by atoms with Gasteiger partial charge in [0.1, 0.15) is 17.0 Å². The Morgan fingerprint density at radius 2 is 1.96 bits per heavy atom. The van der Waals surface area contributed by atoms with Gasteiger partial charge < -0.3 is 10.2 Å². The highest BCUT2D eigenvalue weighted by Crippen LogP contribution is 2.35. The zero-order valence-electron chi connectivity index (χ0n) is 13.6. The molecule has 1 amide bonds. The van der Waals surface area contributed by atoms with E-state index in [4.69, 9.17) is 0 Å². The molecule has 0 aromatic carbocycles. The Morgan fingerprint density at radius 3 is 2.65 bits per heavy atom. The van der Waals surface area contributed by atoms with Crippen LogP contribution in [0.4, 0.5) is 5.82 Å². The van der Waals surface area contributed by atoms with Crippen molar-refractivity contribution in [2.24, 2.45) is 5.92 Å². The van der Waals surface area contributed by atoms with Crippen molar-refractivity contribution in [1.82, 2.24) is 15.3 Å². The molecule has 3 heterocycles. The lowest BCUT2D eigenvalue weighted by Gasteiger charge is -2.32. The minimum absolute atomic E-state index is 0.162. The number of hydrogen-bond donors (Lipinski definition) is 1. The van der Waals surface area contributed by atoms with Crippen LogP contribution in [-0.4, -0.2) is 35.0 Å². The highest BCUT2D eigenvalue weighted by molar-refractivity contribution is 7.18. The minimum atomic E-state index is 0.162. The van der Waals surface area contributed by atoms with Crippen molar-refractivity contribution in [1.29, 1.82) is 0 Å². The molecule has 0 atom stereocenters. The van der Waals surface area contributed by atoms with Crippen molar-refractivity contribution in [3.8, 4) is 0 Å². The normalized spacial score (nSPS) is 19.3.